The van der Waals surface area contributed by atoms with Gasteiger partial charge in [-0.05, 0) is 38.2 Å². The number of hydrogen-bond acceptors (Lipinski definition) is 8. The van der Waals surface area contributed by atoms with Gasteiger partial charge in [0.1, 0.15) is 18.1 Å². The molecule has 3 amide bonds. The Balaban J connectivity index is 5.32. The van der Waals surface area contributed by atoms with Crippen LogP contribution in [0.1, 0.15) is 34.1 Å². The molecule has 6 atom stereocenters. The topological polar surface area (TPSA) is 191 Å². The maximum Gasteiger partial charge on any atom is 0.326 e. The molecule has 12 heteroatoms. The molecule has 0 aliphatic heterocycles. The van der Waals surface area contributed by atoms with Crippen molar-refractivity contribution in [3.63, 3.8) is 0 Å². The van der Waals surface area contributed by atoms with E-state index in [1.807, 2.05) is 0 Å². The molecule has 0 aliphatic rings. The van der Waals surface area contributed by atoms with E-state index in [0.717, 1.165) is 0 Å². The SMILES string of the molecule is CSCCC(NC(=O)C(NC(=O)C(NC(=O)C(N)C(C)C)C(C)O)C(C)O)C(=O)O. The van der Waals surface area contributed by atoms with E-state index in [1.165, 1.54) is 25.6 Å². The number of nitrogens with one attached hydrogen (secondary N) is 3. The molecule has 0 fully saturated rings. The van der Waals surface area contributed by atoms with Gasteiger partial charge in [-0.25, -0.2) is 4.79 Å². The Morgan fingerprint density at radius 1 is 0.867 bits per heavy atom. The number of aliphatic hydroxyl groups excluding tert-OH is 2. The van der Waals surface area contributed by atoms with Crippen LogP contribution in [0.2, 0.25) is 0 Å². The van der Waals surface area contributed by atoms with Crippen LogP contribution in [0.3, 0.4) is 0 Å². The summed E-state index contributed by atoms with van der Waals surface area (Å²) in [6, 6.07) is -5.03. The first-order chi connectivity index (χ1) is 13.8. The third kappa shape index (κ3) is 9.28. The zero-order chi connectivity index (χ0) is 23.6. The average molecular weight is 451 g/mol. The van der Waals surface area contributed by atoms with Crippen LogP contribution in [0.4, 0.5) is 0 Å². The molecule has 0 aliphatic carbocycles. The van der Waals surface area contributed by atoms with Gasteiger partial charge in [0.05, 0.1) is 18.2 Å². The normalized spacial score (nSPS) is 17.2. The first-order valence-electron chi connectivity index (χ1n) is 9.58. The van der Waals surface area contributed by atoms with Gasteiger partial charge in [-0.1, -0.05) is 13.8 Å². The van der Waals surface area contributed by atoms with E-state index in [1.54, 1.807) is 20.1 Å². The molecule has 0 aromatic carbocycles. The van der Waals surface area contributed by atoms with Crippen molar-refractivity contribution < 1.29 is 34.5 Å². The van der Waals surface area contributed by atoms with Crippen molar-refractivity contribution >= 4 is 35.5 Å². The number of aliphatic carboxylic acids is 1. The largest absolute Gasteiger partial charge is 0.480 e. The Kier molecular flexibility index (Phi) is 12.6. The van der Waals surface area contributed by atoms with E-state index < -0.39 is 60.1 Å². The molecule has 0 saturated heterocycles. The number of nitrogens with two attached hydrogens (primary N) is 1. The van der Waals surface area contributed by atoms with Crippen LogP contribution in [-0.4, -0.2) is 87.4 Å². The van der Waals surface area contributed by atoms with Crippen molar-refractivity contribution in [3.8, 4) is 0 Å². The summed E-state index contributed by atoms with van der Waals surface area (Å²) in [6.45, 7) is 5.94. The quantitative estimate of drug-likeness (QED) is 0.167. The predicted molar refractivity (Wildman–Crippen MR) is 113 cm³/mol. The van der Waals surface area contributed by atoms with Crippen molar-refractivity contribution in [3.05, 3.63) is 0 Å². The molecular weight excluding hydrogens is 416 g/mol. The second-order valence-electron chi connectivity index (χ2n) is 7.40. The minimum Gasteiger partial charge on any atom is -0.480 e. The van der Waals surface area contributed by atoms with Gasteiger partial charge in [0.15, 0.2) is 0 Å². The summed E-state index contributed by atoms with van der Waals surface area (Å²) >= 11 is 1.40. The van der Waals surface area contributed by atoms with Crippen LogP contribution in [0.5, 0.6) is 0 Å². The molecule has 8 N–H and O–H groups in total. The summed E-state index contributed by atoms with van der Waals surface area (Å²) in [5.41, 5.74) is 5.74. The molecule has 0 heterocycles. The minimum absolute atomic E-state index is 0.155. The lowest BCUT2D eigenvalue weighted by molar-refractivity contribution is -0.143. The third-order valence-corrected chi connectivity index (χ3v) is 5.02. The zero-order valence-corrected chi connectivity index (χ0v) is 18.7. The summed E-state index contributed by atoms with van der Waals surface area (Å²) in [6.07, 6.45) is -0.746. The second-order valence-corrected chi connectivity index (χ2v) is 8.39. The molecule has 0 saturated carbocycles. The average Bonchev–Trinajstić information content (AvgIpc) is 2.65. The van der Waals surface area contributed by atoms with Gasteiger partial charge < -0.3 is 37.0 Å². The van der Waals surface area contributed by atoms with Gasteiger partial charge in [-0.2, -0.15) is 11.8 Å². The number of carbonyl (C=O) groups is 4. The molecule has 0 spiro atoms. The molecule has 30 heavy (non-hydrogen) atoms. The Morgan fingerprint density at radius 3 is 1.67 bits per heavy atom. The van der Waals surface area contributed by atoms with Crippen LogP contribution in [0.25, 0.3) is 0 Å². The van der Waals surface area contributed by atoms with E-state index >= 15 is 0 Å². The molecule has 0 rings (SSSR count). The molecule has 174 valence electrons. The highest BCUT2D eigenvalue weighted by molar-refractivity contribution is 7.98. The minimum atomic E-state index is -1.49. The van der Waals surface area contributed by atoms with Crippen molar-refractivity contribution in [1.82, 2.24) is 16.0 Å². The Hall–Kier alpha value is -1.89. The number of hydrogen-bond donors (Lipinski definition) is 7. The Labute approximate surface area is 180 Å². The van der Waals surface area contributed by atoms with Crippen LogP contribution >= 0.6 is 11.8 Å². The summed E-state index contributed by atoms with van der Waals surface area (Å²) < 4.78 is 0. The number of aliphatic hydroxyl groups is 2. The van der Waals surface area contributed by atoms with Gasteiger partial charge in [0.2, 0.25) is 17.7 Å². The van der Waals surface area contributed by atoms with E-state index in [-0.39, 0.29) is 12.3 Å². The van der Waals surface area contributed by atoms with Crippen molar-refractivity contribution in [1.29, 1.82) is 0 Å². The second kappa shape index (κ2) is 13.4. The number of carbonyl (C=O) groups excluding carboxylic acids is 3. The fourth-order valence-corrected chi connectivity index (χ4v) is 2.83. The van der Waals surface area contributed by atoms with Gasteiger partial charge in [0, 0.05) is 0 Å². The highest BCUT2D eigenvalue weighted by Gasteiger charge is 2.34. The van der Waals surface area contributed by atoms with E-state index in [4.69, 9.17) is 5.73 Å². The number of thioether (sulfide) groups is 1. The fraction of sp³-hybridized carbons (Fsp3) is 0.778. The van der Waals surface area contributed by atoms with Gasteiger partial charge in [-0.3, -0.25) is 14.4 Å². The predicted octanol–water partition coefficient (Wildman–Crippen LogP) is -1.98. The highest BCUT2D eigenvalue weighted by Crippen LogP contribution is 2.05. The molecule has 0 aromatic heterocycles. The molecular formula is C18H34N4O7S. The summed E-state index contributed by atoms with van der Waals surface area (Å²) in [5.74, 6) is -3.47. The molecule has 6 unspecified atom stereocenters. The lowest BCUT2D eigenvalue weighted by Gasteiger charge is -2.28. The fourth-order valence-electron chi connectivity index (χ4n) is 2.36. The number of carboxylic acids is 1. The smallest absolute Gasteiger partial charge is 0.326 e. The molecule has 11 nitrogen and oxygen atoms in total. The Morgan fingerprint density at radius 2 is 1.30 bits per heavy atom. The molecule has 0 bridgehead atoms. The van der Waals surface area contributed by atoms with Crippen LogP contribution in [0.15, 0.2) is 0 Å². The first-order valence-corrected chi connectivity index (χ1v) is 11.0. The van der Waals surface area contributed by atoms with E-state index in [9.17, 15) is 34.5 Å². The summed E-state index contributed by atoms with van der Waals surface area (Å²) in [4.78, 5) is 48.6. The van der Waals surface area contributed by atoms with Crippen LogP contribution in [0, 0.1) is 5.92 Å². The standard InChI is InChI=1S/C18H34N4O7S/c1-8(2)12(19)15(25)21-14(10(4)24)17(27)22-13(9(3)23)16(26)20-11(18(28)29)6-7-30-5/h8-14,23-24H,6-7,19H2,1-5H3,(H,20,26)(H,21,25)(H,22,27)(H,28,29). The van der Waals surface area contributed by atoms with E-state index in [2.05, 4.69) is 16.0 Å². The number of amides is 3. The Bertz CT molecular complexity index is 601. The summed E-state index contributed by atoms with van der Waals surface area (Å²) in [7, 11) is 0. The van der Waals surface area contributed by atoms with Gasteiger partial charge in [0.25, 0.3) is 0 Å². The number of rotatable bonds is 13. The van der Waals surface area contributed by atoms with Crippen molar-refractivity contribution in [2.45, 2.75) is 70.5 Å². The summed E-state index contributed by atoms with van der Waals surface area (Å²) in [5, 5.41) is 35.9. The highest BCUT2D eigenvalue weighted by atomic mass is 32.2. The maximum atomic E-state index is 12.6. The zero-order valence-electron chi connectivity index (χ0n) is 17.9. The third-order valence-electron chi connectivity index (χ3n) is 4.37. The van der Waals surface area contributed by atoms with Crippen LogP contribution < -0.4 is 21.7 Å². The van der Waals surface area contributed by atoms with E-state index in [0.29, 0.717) is 5.75 Å². The lowest BCUT2D eigenvalue weighted by Crippen LogP contribution is -2.62. The molecule has 0 aromatic rings. The van der Waals surface area contributed by atoms with Gasteiger partial charge in [-0.15, -0.1) is 0 Å². The molecule has 0 radical (unpaired) electrons. The van der Waals surface area contributed by atoms with Crippen LogP contribution in [-0.2, 0) is 19.2 Å². The van der Waals surface area contributed by atoms with Gasteiger partial charge >= 0.3 is 5.97 Å². The lowest BCUT2D eigenvalue weighted by atomic mass is 10.0. The number of carboxylic acid groups (broad SMARTS) is 1. The first kappa shape index (κ1) is 28.1. The maximum absolute atomic E-state index is 12.6. The monoisotopic (exact) mass is 450 g/mol. The van der Waals surface area contributed by atoms with Crippen molar-refractivity contribution in [2.75, 3.05) is 12.0 Å². The van der Waals surface area contributed by atoms with Crippen molar-refractivity contribution in [2.24, 2.45) is 11.7 Å².